The number of fused-ring (bicyclic) bond motifs is 1. The van der Waals surface area contributed by atoms with Gasteiger partial charge in [-0.1, -0.05) is 6.58 Å². The molecule has 1 saturated carbocycles. The largest absolute Gasteiger partial charge is 0.444 e. The summed E-state index contributed by atoms with van der Waals surface area (Å²) >= 11 is 0. The highest BCUT2D eigenvalue weighted by Crippen LogP contribution is 2.47. The van der Waals surface area contributed by atoms with Crippen LogP contribution in [0, 0.1) is 5.41 Å². The fourth-order valence-corrected chi connectivity index (χ4v) is 3.08. The number of ketones is 1. The van der Waals surface area contributed by atoms with E-state index in [-0.39, 0.29) is 17.9 Å². The maximum atomic E-state index is 12.3. The number of carbonyl (C=O) groups is 2. The Morgan fingerprint density at radius 2 is 2.11 bits per heavy atom. The van der Waals surface area contributed by atoms with Crippen LogP contribution >= 0.6 is 0 Å². The quantitative estimate of drug-likeness (QED) is 0.633. The van der Waals surface area contributed by atoms with Gasteiger partial charge in [-0.2, -0.15) is 0 Å². The van der Waals surface area contributed by atoms with Crippen molar-refractivity contribution in [2.24, 2.45) is 5.41 Å². The molecule has 2 rings (SSSR count). The smallest absolute Gasteiger partial charge is 0.410 e. The zero-order chi connectivity index (χ0) is 14.4. The number of ether oxygens (including phenoxy) is 1. The van der Waals surface area contributed by atoms with Gasteiger partial charge in [0.1, 0.15) is 11.4 Å². The van der Waals surface area contributed by atoms with Gasteiger partial charge in [0.2, 0.25) is 0 Å². The summed E-state index contributed by atoms with van der Waals surface area (Å²) in [5.41, 5.74) is -0.251. The summed E-state index contributed by atoms with van der Waals surface area (Å²) in [5.74, 6) is 0.208. The average molecular weight is 265 g/mol. The Bertz CT molecular complexity index is 435. The molecule has 2 atom stereocenters. The SMILES string of the molecule is C=C1CN(C(=O)OC(C)(C)C)C2CCCC(=O)C12C. The summed E-state index contributed by atoms with van der Waals surface area (Å²) in [6.45, 7) is 11.9. The number of Topliss-reactive ketones (excluding diaryl/α,β-unsaturated/α-hetero) is 1. The summed E-state index contributed by atoms with van der Waals surface area (Å²) in [6, 6.07) is -0.0869. The van der Waals surface area contributed by atoms with Crippen molar-refractivity contribution in [2.75, 3.05) is 6.54 Å². The second-order valence-electron chi connectivity index (χ2n) is 6.75. The molecule has 4 nitrogen and oxygen atoms in total. The summed E-state index contributed by atoms with van der Waals surface area (Å²) in [4.78, 5) is 26.2. The van der Waals surface area contributed by atoms with Crippen molar-refractivity contribution in [1.29, 1.82) is 0 Å². The maximum absolute atomic E-state index is 12.3. The Morgan fingerprint density at radius 1 is 1.47 bits per heavy atom. The molecule has 0 N–H and O–H groups in total. The Hall–Kier alpha value is -1.32. The van der Waals surface area contributed by atoms with Gasteiger partial charge in [-0.15, -0.1) is 0 Å². The molecule has 1 aliphatic heterocycles. The Labute approximate surface area is 114 Å². The predicted molar refractivity (Wildman–Crippen MR) is 72.8 cm³/mol. The van der Waals surface area contributed by atoms with Gasteiger partial charge in [-0.05, 0) is 46.1 Å². The molecule has 1 amide bonds. The van der Waals surface area contributed by atoms with Crippen LogP contribution in [0.1, 0.15) is 47.0 Å². The first kappa shape index (κ1) is 14.1. The number of rotatable bonds is 0. The molecule has 19 heavy (non-hydrogen) atoms. The first-order chi connectivity index (χ1) is 8.66. The van der Waals surface area contributed by atoms with E-state index in [9.17, 15) is 9.59 Å². The Balaban J connectivity index is 2.23. The number of amides is 1. The highest BCUT2D eigenvalue weighted by molar-refractivity contribution is 5.91. The number of likely N-dealkylation sites (tertiary alicyclic amines) is 1. The van der Waals surface area contributed by atoms with E-state index in [0.717, 1.165) is 18.4 Å². The molecule has 0 bridgehead atoms. The third kappa shape index (κ3) is 2.28. The van der Waals surface area contributed by atoms with Gasteiger partial charge in [-0.3, -0.25) is 9.69 Å². The predicted octanol–water partition coefficient (Wildman–Crippen LogP) is 2.92. The van der Waals surface area contributed by atoms with Crippen LogP contribution in [0.4, 0.5) is 4.79 Å². The van der Waals surface area contributed by atoms with Crippen LogP contribution in [0.3, 0.4) is 0 Å². The van der Waals surface area contributed by atoms with E-state index in [4.69, 9.17) is 4.74 Å². The van der Waals surface area contributed by atoms with Crippen LogP contribution < -0.4 is 0 Å². The molecule has 1 aliphatic carbocycles. The van der Waals surface area contributed by atoms with E-state index in [1.165, 1.54) is 0 Å². The third-order valence-corrected chi connectivity index (χ3v) is 4.23. The van der Waals surface area contributed by atoms with E-state index in [0.29, 0.717) is 13.0 Å². The van der Waals surface area contributed by atoms with Crippen LogP contribution in [-0.4, -0.2) is 35.0 Å². The molecule has 0 aromatic heterocycles. The number of carbonyl (C=O) groups excluding carboxylic acids is 2. The molecule has 1 saturated heterocycles. The first-order valence-electron chi connectivity index (χ1n) is 6.87. The second-order valence-corrected chi connectivity index (χ2v) is 6.75. The molecule has 2 aliphatic rings. The molecule has 2 unspecified atom stereocenters. The van der Waals surface area contributed by atoms with Crippen LogP contribution in [0.5, 0.6) is 0 Å². The van der Waals surface area contributed by atoms with Gasteiger partial charge < -0.3 is 4.74 Å². The number of hydrogen-bond acceptors (Lipinski definition) is 3. The van der Waals surface area contributed by atoms with Crippen LogP contribution in [0.15, 0.2) is 12.2 Å². The molecular formula is C15H23NO3. The highest BCUT2D eigenvalue weighted by Gasteiger charge is 2.54. The first-order valence-corrected chi connectivity index (χ1v) is 6.87. The zero-order valence-electron chi connectivity index (χ0n) is 12.3. The zero-order valence-corrected chi connectivity index (χ0v) is 12.3. The molecule has 106 valence electrons. The minimum absolute atomic E-state index is 0.0869. The topological polar surface area (TPSA) is 46.6 Å². The average Bonchev–Trinajstić information content (AvgIpc) is 2.52. The Morgan fingerprint density at radius 3 is 2.68 bits per heavy atom. The number of nitrogens with zero attached hydrogens (tertiary/aromatic N) is 1. The lowest BCUT2D eigenvalue weighted by Crippen LogP contribution is -2.49. The van der Waals surface area contributed by atoms with Gasteiger partial charge in [0.05, 0.1) is 11.5 Å². The lowest BCUT2D eigenvalue weighted by atomic mass is 9.69. The minimum atomic E-state index is -0.574. The lowest BCUT2D eigenvalue weighted by molar-refractivity contribution is -0.129. The third-order valence-electron chi connectivity index (χ3n) is 4.23. The van der Waals surface area contributed by atoms with Gasteiger partial charge in [-0.25, -0.2) is 4.79 Å². The molecule has 0 aromatic carbocycles. The molecule has 0 spiro atoms. The molecule has 2 fully saturated rings. The maximum Gasteiger partial charge on any atom is 0.410 e. The summed E-state index contributed by atoms with van der Waals surface area (Å²) in [5, 5.41) is 0. The van der Waals surface area contributed by atoms with Crippen LogP contribution in [0.2, 0.25) is 0 Å². The van der Waals surface area contributed by atoms with E-state index in [2.05, 4.69) is 6.58 Å². The van der Waals surface area contributed by atoms with Crippen molar-refractivity contribution in [3.05, 3.63) is 12.2 Å². The lowest BCUT2D eigenvalue weighted by Gasteiger charge is -2.38. The van der Waals surface area contributed by atoms with E-state index in [1.54, 1.807) is 4.90 Å². The summed E-state index contributed by atoms with van der Waals surface area (Å²) in [7, 11) is 0. The standard InChI is InChI=1S/C15H23NO3/c1-10-9-16(13(18)19-14(2,3)4)11-7-6-8-12(17)15(10,11)5/h11H,1,6-9H2,2-5H3. The van der Waals surface area contributed by atoms with Gasteiger partial charge in [0.15, 0.2) is 0 Å². The van der Waals surface area contributed by atoms with Crippen molar-refractivity contribution in [1.82, 2.24) is 4.90 Å². The van der Waals surface area contributed by atoms with E-state index in [1.807, 2.05) is 27.7 Å². The van der Waals surface area contributed by atoms with Crippen molar-refractivity contribution in [3.63, 3.8) is 0 Å². The monoisotopic (exact) mass is 265 g/mol. The normalized spacial score (nSPS) is 31.4. The van der Waals surface area contributed by atoms with E-state index >= 15 is 0 Å². The molecule has 0 aromatic rings. The van der Waals surface area contributed by atoms with Crippen molar-refractivity contribution in [2.45, 2.75) is 58.6 Å². The van der Waals surface area contributed by atoms with Gasteiger partial charge in [0, 0.05) is 13.0 Å². The van der Waals surface area contributed by atoms with Gasteiger partial charge >= 0.3 is 6.09 Å². The van der Waals surface area contributed by atoms with Crippen molar-refractivity contribution in [3.8, 4) is 0 Å². The number of hydrogen-bond donors (Lipinski definition) is 0. The minimum Gasteiger partial charge on any atom is -0.444 e. The highest BCUT2D eigenvalue weighted by atomic mass is 16.6. The fourth-order valence-electron chi connectivity index (χ4n) is 3.08. The van der Waals surface area contributed by atoms with Crippen LogP contribution in [-0.2, 0) is 9.53 Å². The Kier molecular flexibility index (Phi) is 3.23. The summed E-state index contributed by atoms with van der Waals surface area (Å²) < 4.78 is 5.43. The molecule has 1 heterocycles. The van der Waals surface area contributed by atoms with Crippen molar-refractivity contribution < 1.29 is 14.3 Å². The molecular weight excluding hydrogens is 242 g/mol. The second kappa shape index (κ2) is 4.36. The van der Waals surface area contributed by atoms with Crippen molar-refractivity contribution >= 4 is 11.9 Å². The molecule has 0 radical (unpaired) electrons. The van der Waals surface area contributed by atoms with Crippen LogP contribution in [0.25, 0.3) is 0 Å². The fraction of sp³-hybridized carbons (Fsp3) is 0.733. The van der Waals surface area contributed by atoms with Gasteiger partial charge in [0.25, 0.3) is 0 Å². The van der Waals surface area contributed by atoms with E-state index < -0.39 is 11.0 Å². The summed E-state index contributed by atoms with van der Waals surface area (Å²) in [6.07, 6.45) is 1.94. The molecule has 4 heteroatoms.